The van der Waals surface area contributed by atoms with Gasteiger partial charge in [0.1, 0.15) is 5.75 Å². The largest absolute Gasteiger partial charge is 0.481 e. The molecular formula is C20H18F8N4O4. The van der Waals surface area contributed by atoms with E-state index in [0.717, 1.165) is 19.1 Å². The van der Waals surface area contributed by atoms with Gasteiger partial charge in [-0.25, -0.2) is 4.79 Å². The zero-order chi connectivity index (χ0) is 27.1. The number of ether oxygens (including phenoxy) is 3. The summed E-state index contributed by atoms with van der Waals surface area (Å²) in [4.78, 5) is 19.3. The van der Waals surface area contributed by atoms with E-state index < -0.39 is 61.3 Å². The minimum Gasteiger partial charge on any atom is -0.481 e. The van der Waals surface area contributed by atoms with E-state index in [9.17, 15) is 39.9 Å². The summed E-state index contributed by atoms with van der Waals surface area (Å²) in [6.45, 7) is 0.675. The highest BCUT2D eigenvalue weighted by Crippen LogP contribution is 2.26. The summed E-state index contributed by atoms with van der Waals surface area (Å²) in [5.41, 5.74) is 0.0751. The Morgan fingerprint density at radius 1 is 0.972 bits per heavy atom. The molecule has 0 aliphatic heterocycles. The molecule has 2 amide bonds. The van der Waals surface area contributed by atoms with Gasteiger partial charge >= 0.3 is 18.4 Å². The van der Waals surface area contributed by atoms with Crippen LogP contribution in [-0.4, -0.2) is 53.6 Å². The lowest BCUT2D eigenvalue weighted by molar-refractivity contribution is -0.189. The summed E-state index contributed by atoms with van der Waals surface area (Å²) >= 11 is 0. The van der Waals surface area contributed by atoms with Crippen LogP contribution >= 0.6 is 0 Å². The molecule has 0 aliphatic carbocycles. The molecule has 0 saturated carbocycles. The van der Waals surface area contributed by atoms with Crippen LogP contribution in [0.4, 0.5) is 51.6 Å². The van der Waals surface area contributed by atoms with Crippen molar-refractivity contribution in [3.63, 3.8) is 0 Å². The number of hydrogen-bond donors (Lipinski definition) is 2. The highest BCUT2D eigenvalue weighted by molar-refractivity contribution is 5.98. The number of amides is 2. The lowest BCUT2D eigenvalue weighted by atomic mass is 10.3. The van der Waals surface area contributed by atoms with Gasteiger partial charge in [-0.3, -0.25) is 5.32 Å². The standard InChI is InChI=1S/C20H18F8N4O4/c1-3-18(21,22)9-34-14-8-15(35-10-19(23,24)25)31-16(30-14)32-17(33)29-12-4-6-13(7-5-12)36-11(2)20(26,27)28/h3-8,11H,1,9-10H2,2H3,(H2,29,30,31,32,33). The van der Waals surface area contributed by atoms with Gasteiger partial charge in [0.25, 0.3) is 5.92 Å². The molecule has 0 spiro atoms. The van der Waals surface area contributed by atoms with Gasteiger partial charge in [0, 0.05) is 5.69 Å². The first-order chi connectivity index (χ1) is 16.6. The normalized spacial score (nSPS) is 12.9. The van der Waals surface area contributed by atoms with Crippen LogP contribution in [0.15, 0.2) is 43.0 Å². The Balaban J connectivity index is 2.10. The van der Waals surface area contributed by atoms with Gasteiger partial charge in [0.15, 0.2) is 19.3 Å². The predicted molar refractivity (Wildman–Crippen MR) is 109 cm³/mol. The fraction of sp³-hybridized carbons (Fsp3) is 0.350. The van der Waals surface area contributed by atoms with Crippen LogP contribution < -0.4 is 24.8 Å². The van der Waals surface area contributed by atoms with Gasteiger partial charge in [-0.1, -0.05) is 6.58 Å². The average Bonchev–Trinajstić information content (AvgIpc) is 2.76. The Morgan fingerprint density at radius 3 is 2.03 bits per heavy atom. The van der Waals surface area contributed by atoms with Crippen molar-refractivity contribution in [1.29, 1.82) is 0 Å². The number of benzene rings is 1. The van der Waals surface area contributed by atoms with Gasteiger partial charge in [0.2, 0.25) is 17.7 Å². The van der Waals surface area contributed by atoms with Crippen molar-refractivity contribution < 1.29 is 54.1 Å². The van der Waals surface area contributed by atoms with Crippen molar-refractivity contribution in [2.45, 2.75) is 31.3 Å². The molecule has 36 heavy (non-hydrogen) atoms. The predicted octanol–water partition coefficient (Wildman–Crippen LogP) is 5.59. The van der Waals surface area contributed by atoms with E-state index in [1.54, 1.807) is 0 Å². The van der Waals surface area contributed by atoms with Crippen molar-refractivity contribution in [2.24, 2.45) is 0 Å². The summed E-state index contributed by atoms with van der Waals surface area (Å²) in [6.07, 6.45) is -11.1. The highest BCUT2D eigenvalue weighted by atomic mass is 19.4. The molecule has 2 N–H and O–H groups in total. The summed E-state index contributed by atoms with van der Waals surface area (Å²) < 4.78 is 116. The van der Waals surface area contributed by atoms with Crippen LogP contribution in [0.2, 0.25) is 0 Å². The SMILES string of the molecule is C=CC(F)(F)COc1cc(OCC(F)(F)F)nc(NC(=O)Nc2ccc(OC(C)C(F)(F)F)cc2)n1. The molecule has 16 heteroatoms. The van der Waals surface area contributed by atoms with E-state index in [1.165, 1.54) is 12.1 Å². The number of urea groups is 1. The molecule has 0 radical (unpaired) electrons. The first-order valence-corrected chi connectivity index (χ1v) is 9.70. The Kier molecular flexibility index (Phi) is 8.88. The first kappa shape index (κ1) is 28.4. The lowest BCUT2D eigenvalue weighted by Crippen LogP contribution is -2.31. The second kappa shape index (κ2) is 11.3. The number of hydrogen-bond acceptors (Lipinski definition) is 6. The number of halogens is 8. The number of nitrogens with one attached hydrogen (secondary N) is 2. The van der Waals surface area contributed by atoms with Gasteiger partial charge in [-0.2, -0.15) is 45.1 Å². The van der Waals surface area contributed by atoms with Crippen molar-refractivity contribution in [1.82, 2.24) is 9.97 Å². The molecule has 0 fully saturated rings. The maximum atomic E-state index is 13.3. The second-order valence-corrected chi connectivity index (χ2v) is 6.93. The van der Waals surface area contributed by atoms with Gasteiger partial charge in [-0.05, 0) is 37.3 Å². The topological polar surface area (TPSA) is 94.6 Å². The third-order valence-corrected chi connectivity index (χ3v) is 3.89. The van der Waals surface area contributed by atoms with Crippen LogP contribution in [-0.2, 0) is 0 Å². The van der Waals surface area contributed by atoms with Crippen molar-refractivity contribution in [3.8, 4) is 17.5 Å². The maximum absolute atomic E-state index is 13.3. The van der Waals surface area contributed by atoms with Crippen LogP contribution in [0.25, 0.3) is 0 Å². The molecule has 1 unspecified atom stereocenters. The number of aromatic nitrogens is 2. The zero-order valence-electron chi connectivity index (χ0n) is 18.2. The fourth-order valence-corrected chi connectivity index (χ4v) is 2.14. The zero-order valence-corrected chi connectivity index (χ0v) is 18.2. The summed E-state index contributed by atoms with van der Waals surface area (Å²) in [7, 11) is 0. The molecule has 1 atom stereocenters. The molecule has 2 rings (SSSR count). The fourth-order valence-electron chi connectivity index (χ4n) is 2.14. The van der Waals surface area contributed by atoms with Crippen molar-refractivity contribution in [3.05, 3.63) is 43.0 Å². The summed E-state index contributed by atoms with van der Waals surface area (Å²) in [5.74, 6) is -5.67. The van der Waals surface area contributed by atoms with E-state index in [1.807, 2.05) is 5.32 Å². The molecule has 1 heterocycles. The van der Waals surface area contributed by atoms with Crippen LogP contribution in [0.1, 0.15) is 6.92 Å². The smallest absolute Gasteiger partial charge is 0.425 e. The summed E-state index contributed by atoms with van der Waals surface area (Å²) in [5, 5.41) is 4.30. The molecule has 1 aromatic heterocycles. The Morgan fingerprint density at radius 2 is 1.53 bits per heavy atom. The minimum absolute atomic E-state index is 0.0751. The number of carbonyl (C=O) groups is 1. The van der Waals surface area contributed by atoms with E-state index >= 15 is 0 Å². The van der Waals surface area contributed by atoms with Crippen LogP contribution in [0.5, 0.6) is 17.5 Å². The van der Waals surface area contributed by atoms with Gasteiger partial charge in [-0.15, -0.1) is 0 Å². The monoisotopic (exact) mass is 530 g/mol. The first-order valence-electron chi connectivity index (χ1n) is 9.70. The minimum atomic E-state index is -4.75. The molecule has 0 aliphatic rings. The van der Waals surface area contributed by atoms with E-state index in [-0.39, 0.29) is 17.5 Å². The number of nitrogens with zero attached hydrogens (tertiary/aromatic N) is 2. The van der Waals surface area contributed by atoms with Gasteiger partial charge < -0.3 is 19.5 Å². The number of anilines is 2. The highest BCUT2D eigenvalue weighted by Gasteiger charge is 2.38. The van der Waals surface area contributed by atoms with Crippen LogP contribution in [0.3, 0.4) is 0 Å². The third-order valence-electron chi connectivity index (χ3n) is 3.89. The third kappa shape index (κ3) is 9.79. The average molecular weight is 530 g/mol. The molecular weight excluding hydrogens is 512 g/mol. The molecule has 0 bridgehead atoms. The molecule has 1 aromatic carbocycles. The second-order valence-electron chi connectivity index (χ2n) is 6.93. The Bertz CT molecular complexity index is 1050. The van der Waals surface area contributed by atoms with Crippen molar-refractivity contribution >= 4 is 17.7 Å². The molecule has 8 nitrogen and oxygen atoms in total. The molecule has 198 valence electrons. The number of alkyl halides is 8. The van der Waals surface area contributed by atoms with Crippen molar-refractivity contribution in [2.75, 3.05) is 23.8 Å². The molecule has 2 aromatic rings. The Hall–Kier alpha value is -3.85. The number of carbonyl (C=O) groups excluding carboxylic acids is 1. The van der Waals surface area contributed by atoms with Gasteiger partial charge in [0.05, 0.1) is 6.07 Å². The maximum Gasteiger partial charge on any atom is 0.425 e. The number of rotatable bonds is 10. The van der Waals surface area contributed by atoms with E-state index in [0.29, 0.717) is 6.07 Å². The molecule has 0 saturated heterocycles. The van der Waals surface area contributed by atoms with Crippen LogP contribution in [0, 0.1) is 0 Å². The quantitative estimate of drug-likeness (QED) is 0.307. The lowest BCUT2D eigenvalue weighted by Gasteiger charge is -2.17. The Labute approximate surface area is 198 Å². The summed E-state index contributed by atoms with van der Waals surface area (Å²) in [6, 6.07) is 4.36. The van der Waals surface area contributed by atoms with E-state index in [4.69, 9.17) is 9.47 Å². The van der Waals surface area contributed by atoms with E-state index in [2.05, 4.69) is 26.6 Å².